The Hall–Kier alpha value is -2.89. The summed E-state index contributed by atoms with van der Waals surface area (Å²) in [5, 5.41) is 14.9. The Morgan fingerprint density at radius 1 is 1.24 bits per heavy atom. The molecule has 108 valence electrons. The summed E-state index contributed by atoms with van der Waals surface area (Å²) in [5.74, 6) is 0.769. The maximum atomic E-state index is 10.9. The predicted octanol–water partition coefficient (Wildman–Crippen LogP) is 2.73. The van der Waals surface area contributed by atoms with Gasteiger partial charge in [0.1, 0.15) is 5.75 Å². The van der Waals surface area contributed by atoms with E-state index in [4.69, 9.17) is 4.74 Å². The largest absolute Gasteiger partial charge is 0.496 e. The molecule has 2 aromatic rings. The molecular weight excluding hydrogens is 270 g/mol. The molecule has 0 saturated heterocycles. The number of ether oxygens (including phenoxy) is 1. The molecule has 0 fully saturated rings. The zero-order valence-corrected chi connectivity index (χ0v) is 11.5. The zero-order chi connectivity index (χ0) is 15.1. The van der Waals surface area contributed by atoms with E-state index in [1.165, 1.54) is 12.3 Å². The summed E-state index contributed by atoms with van der Waals surface area (Å²) >= 11 is 0. The first-order chi connectivity index (χ1) is 10.2. The van der Waals surface area contributed by atoms with Gasteiger partial charge in [-0.15, -0.1) is 0 Å². The van der Waals surface area contributed by atoms with Crippen molar-refractivity contribution in [2.24, 2.45) is 5.10 Å². The van der Waals surface area contributed by atoms with Gasteiger partial charge in [-0.3, -0.25) is 10.1 Å². The van der Waals surface area contributed by atoms with Gasteiger partial charge < -0.3 is 10.2 Å². The van der Waals surface area contributed by atoms with Crippen LogP contribution < -0.4 is 10.2 Å². The molecule has 0 heterocycles. The molecule has 0 atom stereocenters. The van der Waals surface area contributed by atoms with Gasteiger partial charge in [0.2, 0.25) is 0 Å². The highest BCUT2D eigenvalue weighted by atomic mass is 16.6. The second kappa shape index (κ2) is 7.04. The maximum absolute atomic E-state index is 10.9. The number of hydrogen-bond donors (Lipinski definition) is 1. The summed E-state index contributed by atoms with van der Waals surface area (Å²) in [6.45, 7) is 0.473. The van der Waals surface area contributed by atoms with Crippen LogP contribution in [0.5, 0.6) is 5.75 Å². The monoisotopic (exact) mass is 285 g/mol. The van der Waals surface area contributed by atoms with Crippen LogP contribution in [0.4, 0.5) is 5.69 Å². The molecule has 0 saturated carbocycles. The Bertz CT molecular complexity index is 656. The van der Waals surface area contributed by atoms with Crippen LogP contribution in [0, 0.1) is 10.1 Å². The molecule has 6 heteroatoms. The molecule has 0 radical (unpaired) electrons. The van der Waals surface area contributed by atoms with Crippen molar-refractivity contribution in [1.82, 2.24) is 5.43 Å². The Labute approximate surface area is 122 Å². The van der Waals surface area contributed by atoms with E-state index in [0.717, 1.165) is 11.3 Å². The lowest BCUT2D eigenvalue weighted by Crippen LogP contribution is -2.07. The van der Waals surface area contributed by atoms with E-state index in [-0.39, 0.29) is 5.69 Å². The minimum Gasteiger partial charge on any atom is -0.496 e. The first kappa shape index (κ1) is 14.5. The summed E-state index contributed by atoms with van der Waals surface area (Å²) in [4.78, 5) is 10.4. The van der Waals surface area contributed by atoms with Crippen molar-refractivity contribution < 1.29 is 9.66 Å². The van der Waals surface area contributed by atoms with Crippen LogP contribution in [0.3, 0.4) is 0 Å². The molecular formula is C15H15N3O3. The lowest BCUT2D eigenvalue weighted by atomic mass is 10.2. The van der Waals surface area contributed by atoms with E-state index in [1.54, 1.807) is 25.3 Å². The topological polar surface area (TPSA) is 76.8 Å². The van der Waals surface area contributed by atoms with Crippen molar-refractivity contribution in [1.29, 1.82) is 0 Å². The number of benzene rings is 2. The predicted molar refractivity (Wildman–Crippen MR) is 80.5 cm³/mol. The van der Waals surface area contributed by atoms with E-state index in [0.29, 0.717) is 12.1 Å². The van der Waals surface area contributed by atoms with Gasteiger partial charge in [-0.25, -0.2) is 0 Å². The molecule has 0 bridgehead atoms. The zero-order valence-electron chi connectivity index (χ0n) is 11.5. The van der Waals surface area contributed by atoms with Gasteiger partial charge >= 0.3 is 0 Å². The van der Waals surface area contributed by atoms with Crippen LogP contribution in [0.15, 0.2) is 53.6 Å². The first-order valence-electron chi connectivity index (χ1n) is 6.33. The highest BCUT2D eigenvalue weighted by Crippen LogP contribution is 2.17. The van der Waals surface area contributed by atoms with E-state index in [9.17, 15) is 10.1 Å². The van der Waals surface area contributed by atoms with Gasteiger partial charge in [0, 0.05) is 11.6 Å². The first-order valence-corrected chi connectivity index (χ1v) is 6.33. The van der Waals surface area contributed by atoms with Crippen LogP contribution in [-0.4, -0.2) is 18.2 Å². The molecule has 1 N–H and O–H groups in total. The van der Waals surface area contributed by atoms with Gasteiger partial charge in [0.15, 0.2) is 0 Å². The van der Waals surface area contributed by atoms with Crippen LogP contribution in [0.1, 0.15) is 11.1 Å². The second-order valence-corrected chi connectivity index (χ2v) is 4.22. The number of hydrazone groups is 1. The van der Waals surface area contributed by atoms with Crippen LogP contribution in [0.25, 0.3) is 0 Å². The highest BCUT2D eigenvalue weighted by Gasteiger charge is 2.09. The maximum Gasteiger partial charge on any atom is 0.278 e. The molecule has 21 heavy (non-hydrogen) atoms. The smallest absolute Gasteiger partial charge is 0.278 e. The van der Waals surface area contributed by atoms with Crippen molar-refractivity contribution in [3.05, 3.63) is 69.8 Å². The normalized spacial score (nSPS) is 10.5. The van der Waals surface area contributed by atoms with Gasteiger partial charge in [0.05, 0.1) is 30.4 Å². The minimum atomic E-state index is -0.429. The summed E-state index contributed by atoms with van der Waals surface area (Å²) < 4.78 is 5.23. The quantitative estimate of drug-likeness (QED) is 0.503. The van der Waals surface area contributed by atoms with Crippen molar-refractivity contribution in [2.75, 3.05) is 7.11 Å². The van der Waals surface area contributed by atoms with Gasteiger partial charge in [-0.05, 0) is 12.1 Å². The summed E-state index contributed by atoms with van der Waals surface area (Å²) in [6, 6.07) is 14.0. The van der Waals surface area contributed by atoms with Crippen LogP contribution in [-0.2, 0) is 6.54 Å². The van der Waals surface area contributed by atoms with E-state index in [1.807, 2.05) is 24.3 Å². The Morgan fingerprint density at radius 3 is 2.71 bits per heavy atom. The fourth-order valence-corrected chi connectivity index (χ4v) is 1.86. The van der Waals surface area contributed by atoms with Crippen molar-refractivity contribution >= 4 is 11.9 Å². The third-order valence-corrected chi connectivity index (χ3v) is 2.89. The Kier molecular flexibility index (Phi) is 4.87. The average molecular weight is 285 g/mol. The van der Waals surface area contributed by atoms with Crippen molar-refractivity contribution in [2.45, 2.75) is 6.54 Å². The van der Waals surface area contributed by atoms with Crippen molar-refractivity contribution in [3.63, 3.8) is 0 Å². The standard InChI is InChI=1S/C15H15N3O3/c1-21-15-9-5-3-7-13(15)11-17-16-10-12-6-2-4-8-14(12)18(19)20/h2-10,17H,11H2,1H3/b16-10-. The second-order valence-electron chi connectivity index (χ2n) is 4.22. The number of hydrogen-bond acceptors (Lipinski definition) is 5. The summed E-state index contributed by atoms with van der Waals surface area (Å²) in [6.07, 6.45) is 1.44. The number of nitro groups is 1. The number of nitrogens with one attached hydrogen (secondary N) is 1. The lowest BCUT2D eigenvalue weighted by molar-refractivity contribution is -0.385. The number of para-hydroxylation sites is 2. The summed E-state index contributed by atoms with van der Waals surface area (Å²) in [5.41, 5.74) is 4.30. The third kappa shape index (κ3) is 3.79. The highest BCUT2D eigenvalue weighted by molar-refractivity contribution is 5.84. The number of methoxy groups -OCH3 is 1. The number of rotatable bonds is 6. The SMILES string of the molecule is COc1ccccc1CN/N=C\c1ccccc1[N+](=O)[O-]. The van der Waals surface area contributed by atoms with Crippen LogP contribution in [0.2, 0.25) is 0 Å². The molecule has 0 aliphatic rings. The molecule has 0 aliphatic carbocycles. The van der Waals surface area contributed by atoms with Gasteiger partial charge in [-0.2, -0.15) is 5.10 Å². The molecule has 2 aromatic carbocycles. The molecule has 0 aliphatic heterocycles. The Morgan fingerprint density at radius 2 is 1.95 bits per heavy atom. The molecule has 2 rings (SSSR count). The van der Waals surface area contributed by atoms with E-state index in [2.05, 4.69) is 10.5 Å². The lowest BCUT2D eigenvalue weighted by Gasteiger charge is -2.07. The number of nitrogens with zero attached hydrogens (tertiary/aromatic N) is 2. The third-order valence-electron chi connectivity index (χ3n) is 2.89. The Balaban J connectivity index is 2.02. The number of nitro benzene ring substituents is 1. The summed E-state index contributed by atoms with van der Waals surface area (Å²) in [7, 11) is 1.61. The van der Waals surface area contributed by atoms with Gasteiger partial charge in [0.25, 0.3) is 5.69 Å². The molecule has 0 aromatic heterocycles. The van der Waals surface area contributed by atoms with Crippen molar-refractivity contribution in [3.8, 4) is 5.75 Å². The average Bonchev–Trinajstić information content (AvgIpc) is 2.52. The van der Waals surface area contributed by atoms with Crippen LogP contribution >= 0.6 is 0 Å². The minimum absolute atomic E-state index is 0.0281. The van der Waals surface area contributed by atoms with Gasteiger partial charge in [-0.1, -0.05) is 30.3 Å². The fourth-order valence-electron chi connectivity index (χ4n) is 1.86. The van der Waals surface area contributed by atoms with E-state index < -0.39 is 4.92 Å². The fraction of sp³-hybridized carbons (Fsp3) is 0.133. The van der Waals surface area contributed by atoms with E-state index >= 15 is 0 Å². The molecule has 0 spiro atoms. The molecule has 0 amide bonds. The molecule has 6 nitrogen and oxygen atoms in total. The molecule has 0 unspecified atom stereocenters.